The maximum atomic E-state index is 12.2. The lowest BCUT2D eigenvalue weighted by atomic mass is 10.2. The summed E-state index contributed by atoms with van der Waals surface area (Å²) in [6, 6.07) is 7.38. The van der Waals surface area contributed by atoms with E-state index in [1.54, 1.807) is 30.3 Å². The van der Waals surface area contributed by atoms with Crippen LogP contribution in [0.1, 0.15) is 6.42 Å². The Hall–Kier alpha value is -2.09. The molecule has 8 heteroatoms. The van der Waals surface area contributed by atoms with Crippen LogP contribution in [0.5, 0.6) is 0 Å². The number of rotatable bonds is 4. The number of nitrogens with one attached hydrogen (secondary N) is 1. The lowest BCUT2D eigenvalue weighted by Gasteiger charge is -2.26. The fourth-order valence-corrected chi connectivity index (χ4v) is 3.98. The predicted octanol–water partition coefficient (Wildman–Crippen LogP) is 0.792. The van der Waals surface area contributed by atoms with E-state index in [0.717, 1.165) is 4.90 Å². The van der Waals surface area contributed by atoms with Crippen LogP contribution < -0.4 is 5.32 Å². The van der Waals surface area contributed by atoms with E-state index in [2.05, 4.69) is 5.32 Å². The fraction of sp³-hybridized carbons (Fsp3) is 0.385. The average molecular weight is 312 g/mol. The summed E-state index contributed by atoms with van der Waals surface area (Å²) in [5.41, 5.74) is 0.527. The molecule has 21 heavy (non-hydrogen) atoms. The van der Waals surface area contributed by atoms with Crippen molar-refractivity contribution in [3.63, 3.8) is 0 Å². The van der Waals surface area contributed by atoms with Gasteiger partial charge in [0.05, 0.1) is 11.5 Å². The van der Waals surface area contributed by atoms with E-state index < -0.39 is 34.4 Å². The van der Waals surface area contributed by atoms with Crippen LogP contribution in [0.2, 0.25) is 0 Å². The fourth-order valence-electron chi connectivity index (χ4n) is 2.25. The number of carboxylic acids is 1. The molecule has 0 bridgehead atoms. The largest absolute Gasteiger partial charge is 0.480 e. The molecule has 0 saturated carbocycles. The number of carbonyl (C=O) groups is 2. The Bertz CT molecular complexity index is 629. The molecule has 1 saturated heterocycles. The van der Waals surface area contributed by atoms with Crippen molar-refractivity contribution < 1.29 is 23.1 Å². The van der Waals surface area contributed by atoms with Gasteiger partial charge < -0.3 is 15.3 Å². The van der Waals surface area contributed by atoms with Crippen LogP contribution in [0, 0.1) is 0 Å². The smallest absolute Gasteiger partial charge is 0.323 e. The van der Waals surface area contributed by atoms with Gasteiger partial charge in [0.1, 0.15) is 6.54 Å². The third kappa shape index (κ3) is 4.19. The molecule has 114 valence electrons. The molecule has 1 atom stereocenters. The van der Waals surface area contributed by atoms with E-state index in [-0.39, 0.29) is 17.9 Å². The van der Waals surface area contributed by atoms with Gasteiger partial charge in [-0.05, 0) is 18.6 Å². The van der Waals surface area contributed by atoms with Crippen LogP contribution in [0.15, 0.2) is 30.3 Å². The normalized spacial score (nSPS) is 19.9. The first-order chi connectivity index (χ1) is 9.87. The molecule has 0 aromatic heterocycles. The van der Waals surface area contributed by atoms with Crippen LogP contribution in [0.3, 0.4) is 0 Å². The van der Waals surface area contributed by atoms with E-state index in [9.17, 15) is 18.0 Å². The summed E-state index contributed by atoms with van der Waals surface area (Å²) in [6.45, 7) is -0.529. The number of anilines is 1. The number of hydrogen-bond acceptors (Lipinski definition) is 4. The van der Waals surface area contributed by atoms with Gasteiger partial charge in [0, 0.05) is 11.7 Å². The zero-order valence-electron chi connectivity index (χ0n) is 11.2. The summed E-state index contributed by atoms with van der Waals surface area (Å²) in [5.74, 6) is -1.39. The highest BCUT2D eigenvalue weighted by Crippen LogP contribution is 2.19. The van der Waals surface area contributed by atoms with Gasteiger partial charge in [-0.15, -0.1) is 0 Å². The molecular formula is C13H16N2O5S. The molecule has 0 spiro atoms. The Morgan fingerprint density at radius 3 is 2.48 bits per heavy atom. The first kappa shape index (κ1) is 15.3. The number of carbonyl (C=O) groups excluding carboxylic acids is 1. The highest BCUT2D eigenvalue weighted by molar-refractivity contribution is 7.91. The SMILES string of the molecule is O=C(O)CN(C(=O)Nc1ccccc1)C1CCS(=O)(=O)C1. The van der Waals surface area contributed by atoms with Crippen molar-refractivity contribution in [2.75, 3.05) is 23.4 Å². The third-order valence-electron chi connectivity index (χ3n) is 3.24. The number of benzene rings is 1. The van der Waals surface area contributed by atoms with Crippen molar-refractivity contribution in [3.8, 4) is 0 Å². The van der Waals surface area contributed by atoms with Gasteiger partial charge in [0.15, 0.2) is 9.84 Å². The highest BCUT2D eigenvalue weighted by Gasteiger charge is 2.35. The second kappa shape index (κ2) is 6.13. The Kier molecular flexibility index (Phi) is 4.46. The number of para-hydroxylation sites is 1. The molecule has 1 heterocycles. The maximum absolute atomic E-state index is 12.2. The lowest BCUT2D eigenvalue weighted by Crippen LogP contribution is -2.46. The van der Waals surface area contributed by atoms with Crippen LogP contribution in [0.4, 0.5) is 10.5 Å². The molecule has 0 aliphatic carbocycles. The summed E-state index contributed by atoms with van der Waals surface area (Å²) >= 11 is 0. The second-order valence-electron chi connectivity index (χ2n) is 4.87. The van der Waals surface area contributed by atoms with Crippen LogP contribution in [-0.2, 0) is 14.6 Å². The van der Waals surface area contributed by atoms with Crippen molar-refractivity contribution in [1.29, 1.82) is 0 Å². The molecule has 1 aliphatic heterocycles. The Morgan fingerprint density at radius 2 is 1.95 bits per heavy atom. The summed E-state index contributed by atoms with van der Waals surface area (Å²) in [4.78, 5) is 24.2. The summed E-state index contributed by atoms with van der Waals surface area (Å²) in [7, 11) is -3.20. The molecule has 0 radical (unpaired) electrons. The Labute approximate surface area is 122 Å². The minimum atomic E-state index is -3.20. The van der Waals surface area contributed by atoms with Gasteiger partial charge in [-0.25, -0.2) is 13.2 Å². The van der Waals surface area contributed by atoms with E-state index in [4.69, 9.17) is 5.11 Å². The van der Waals surface area contributed by atoms with Gasteiger partial charge >= 0.3 is 12.0 Å². The van der Waals surface area contributed by atoms with Crippen molar-refractivity contribution in [3.05, 3.63) is 30.3 Å². The summed E-state index contributed by atoms with van der Waals surface area (Å²) in [6.07, 6.45) is 0.262. The van der Waals surface area contributed by atoms with E-state index in [1.165, 1.54) is 0 Å². The Balaban J connectivity index is 2.12. The third-order valence-corrected chi connectivity index (χ3v) is 4.99. The molecule has 2 N–H and O–H groups in total. The molecule has 7 nitrogen and oxygen atoms in total. The number of urea groups is 1. The second-order valence-corrected chi connectivity index (χ2v) is 7.10. The standard InChI is InChI=1S/C13H16N2O5S/c16-12(17)8-15(11-6-7-21(19,20)9-11)13(18)14-10-4-2-1-3-5-10/h1-5,11H,6-9H2,(H,14,18)(H,16,17). The predicted molar refractivity (Wildman–Crippen MR) is 76.9 cm³/mol. The zero-order chi connectivity index (χ0) is 15.5. The van der Waals surface area contributed by atoms with Crippen molar-refractivity contribution in [2.45, 2.75) is 12.5 Å². The lowest BCUT2D eigenvalue weighted by molar-refractivity contribution is -0.138. The van der Waals surface area contributed by atoms with Gasteiger partial charge in [-0.3, -0.25) is 4.79 Å². The van der Waals surface area contributed by atoms with Crippen LogP contribution in [0.25, 0.3) is 0 Å². The molecule has 1 aromatic carbocycles. The van der Waals surface area contributed by atoms with Gasteiger partial charge in [0.25, 0.3) is 0 Å². The minimum absolute atomic E-state index is 0.0214. The van der Waals surface area contributed by atoms with Crippen molar-refractivity contribution >= 4 is 27.5 Å². The Morgan fingerprint density at radius 1 is 1.29 bits per heavy atom. The first-order valence-electron chi connectivity index (χ1n) is 6.42. The number of amides is 2. The number of sulfone groups is 1. The zero-order valence-corrected chi connectivity index (χ0v) is 12.0. The van der Waals surface area contributed by atoms with E-state index in [1.807, 2.05) is 0 Å². The topological polar surface area (TPSA) is 104 Å². The molecule has 1 aromatic rings. The number of hydrogen-bond donors (Lipinski definition) is 2. The maximum Gasteiger partial charge on any atom is 0.323 e. The first-order valence-corrected chi connectivity index (χ1v) is 8.24. The molecule has 2 rings (SSSR count). The molecule has 1 fully saturated rings. The molecule has 1 aliphatic rings. The molecule has 2 amide bonds. The highest BCUT2D eigenvalue weighted by atomic mass is 32.2. The van der Waals surface area contributed by atoms with Crippen molar-refractivity contribution in [1.82, 2.24) is 4.90 Å². The number of aliphatic carboxylic acids is 1. The number of carboxylic acid groups (broad SMARTS) is 1. The number of nitrogens with zero attached hydrogens (tertiary/aromatic N) is 1. The molecule has 1 unspecified atom stereocenters. The van der Waals surface area contributed by atoms with Crippen molar-refractivity contribution in [2.24, 2.45) is 0 Å². The van der Waals surface area contributed by atoms with Crippen LogP contribution >= 0.6 is 0 Å². The quantitative estimate of drug-likeness (QED) is 0.855. The van der Waals surface area contributed by atoms with E-state index in [0.29, 0.717) is 5.69 Å². The van der Waals surface area contributed by atoms with Gasteiger partial charge in [-0.1, -0.05) is 18.2 Å². The molecular weight excluding hydrogens is 296 g/mol. The summed E-state index contributed by atoms with van der Waals surface area (Å²) < 4.78 is 23.0. The monoisotopic (exact) mass is 312 g/mol. The van der Waals surface area contributed by atoms with Gasteiger partial charge in [-0.2, -0.15) is 0 Å². The van der Waals surface area contributed by atoms with Crippen LogP contribution in [-0.4, -0.2) is 54.5 Å². The van der Waals surface area contributed by atoms with E-state index >= 15 is 0 Å². The average Bonchev–Trinajstić information content (AvgIpc) is 2.77. The minimum Gasteiger partial charge on any atom is -0.480 e. The summed E-state index contributed by atoms with van der Waals surface area (Å²) in [5, 5.41) is 11.5. The van der Waals surface area contributed by atoms with Gasteiger partial charge in [0.2, 0.25) is 0 Å².